The Bertz CT molecular complexity index is 927. The van der Waals surface area contributed by atoms with Crippen molar-refractivity contribution >= 4 is 23.4 Å². The number of hydrogen-bond donors (Lipinski definition) is 2. The van der Waals surface area contributed by atoms with E-state index in [2.05, 4.69) is 21.0 Å². The van der Waals surface area contributed by atoms with Crippen LogP contribution in [-0.2, 0) is 0 Å². The van der Waals surface area contributed by atoms with Crippen molar-refractivity contribution in [1.29, 1.82) is 5.26 Å². The molecule has 19 heavy (non-hydrogen) atoms. The van der Waals surface area contributed by atoms with Crippen LogP contribution in [0.15, 0.2) is 35.4 Å². The molecule has 1 aromatic carbocycles. The molecule has 2 N–H and O–H groups in total. The van der Waals surface area contributed by atoms with Gasteiger partial charge in [0, 0.05) is 0 Å². The number of nitriles is 1. The van der Waals surface area contributed by atoms with Gasteiger partial charge in [0.25, 0.3) is 5.56 Å². The minimum Gasteiger partial charge on any atom is -0.339 e. The summed E-state index contributed by atoms with van der Waals surface area (Å²) in [5, 5.41) is 8.93. The minimum atomic E-state index is -0.315. The predicted molar refractivity (Wildman–Crippen MR) is 71.6 cm³/mol. The van der Waals surface area contributed by atoms with Gasteiger partial charge in [0.05, 0.1) is 23.6 Å². The molecular formula is C12H7N5OS. The second kappa shape index (κ2) is 4.19. The van der Waals surface area contributed by atoms with Crippen molar-refractivity contribution in [3.8, 4) is 11.8 Å². The van der Waals surface area contributed by atoms with Crippen LogP contribution in [-0.4, -0.2) is 19.5 Å². The van der Waals surface area contributed by atoms with Crippen LogP contribution in [0, 0.1) is 16.1 Å². The second-order valence-electron chi connectivity index (χ2n) is 3.86. The molecule has 0 amide bonds. The molecule has 2 heterocycles. The molecule has 0 saturated carbocycles. The number of rotatable bonds is 1. The monoisotopic (exact) mass is 269 g/mol. The smallest absolute Gasteiger partial charge is 0.277 e. The van der Waals surface area contributed by atoms with Gasteiger partial charge >= 0.3 is 0 Å². The van der Waals surface area contributed by atoms with Gasteiger partial charge in [-0.05, 0) is 30.4 Å². The first-order valence-electron chi connectivity index (χ1n) is 5.39. The fourth-order valence-corrected chi connectivity index (χ4v) is 2.17. The number of fused-ring (bicyclic) bond motifs is 1. The van der Waals surface area contributed by atoms with Gasteiger partial charge in [-0.2, -0.15) is 5.26 Å². The summed E-state index contributed by atoms with van der Waals surface area (Å²) in [4.78, 5) is 21.2. The van der Waals surface area contributed by atoms with E-state index in [4.69, 9.17) is 17.5 Å². The van der Waals surface area contributed by atoms with E-state index in [1.807, 2.05) is 0 Å². The molecule has 3 aromatic rings. The first-order chi connectivity index (χ1) is 9.20. The predicted octanol–water partition coefficient (Wildman–Crippen LogP) is 1.64. The van der Waals surface area contributed by atoms with Crippen molar-refractivity contribution in [2.45, 2.75) is 0 Å². The lowest BCUT2D eigenvalue weighted by Gasteiger charge is -2.07. The maximum Gasteiger partial charge on any atom is 0.277 e. The fraction of sp³-hybridized carbons (Fsp3) is 0. The third-order valence-electron chi connectivity index (χ3n) is 2.72. The number of benzene rings is 1. The Morgan fingerprint density at radius 3 is 3.05 bits per heavy atom. The molecule has 0 radical (unpaired) electrons. The molecule has 7 heteroatoms. The molecule has 0 bridgehead atoms. The topological polar surface area (TPSA) is 90.3 Å². The average molecular weight is 269 g/mol. The van der Waals surface area contributed by atoms with E-state index in [0.717, 1.165) is 0 Å². The highest BCUT2D eigenvalue weighted by Gasteiger charge is 2.09. The summed E-state index contributed by atoms with van der Waals surface area (Å²) in [6, 6.07) is 8.98. The van der Waals surface area contributed by atoms with Gasteiger partial charge in [-0.25, -0.2) is 4.98 Å². The van der Waals surface area contributed by atoms with E-state index < -0.39 is 0 Å². The molecule has 0 aliphatic carbocycles. The van der Waals surface area contributed by atoms with Crippen molar-refractivity contribution in [3.63, 3.8) is 0 Å². The summed E-state index contributed by atoms with van der Waals surface area (Å²) in [6.07, 6.45) is 1.43. The summed E-state index contributed by atoms with van der Waals surface area (Å²) in [5.41, 5.74) is 1.65. The highest BCUT2D eigenvalue weighted by molar-refractivity contribution is 7.71. The van der Waals surface area contributed by atoms with Gasteiger partial charge in [-0.1, -0.05) is 6.07 Å². The van der Waals surface area contributed by atoms with Crippen LogP contribution in [0.2, 0.25) is 0 Å². The summed E-state index contributed by atoms with van der Waals surface area (Å²) in [5.74, 6) is 0. The van der Waals surface area contributed by atoms with Gasteiger partial charge in [-0.15, -0.1) is 0 Å². The maximum absolute atomic E-state index is 11.7. The number of nitrogens with zero attached hydrogens (tertiary/aromatic N) is 3. The molecule has 0 aliphatic heterocycles. The molecule has 0 saturated heterocycles. The van der Waals surface area contributed by atoms with Gasteiger partial charge in [0.1, 0.15) is 5.52 Å². The number of aromatic amines is 2. The van der Waals surface area contributed by atoms with Crippen molar-refractivity contribution < 1.29 is 0 Å². The van der Waals surface area contributed by atoms with Crippen LogP contribution < -0.4 is 5.56 Å². The van der Waals surface area contributed by atoms with Crippen molar-refractivity contribution in [1.82, 2.24) is 19.5 Å². The largest absolute Gasteiger partial charge is 0.339 e. The Hall–Kier alpha value is -2.72. The minimum absolute atomic E-state index is 0.236. The van der Waals surface area contributed by atoms with Crippen LogP contribution >= 0.6 is 12.2 Å². The average Bonchev–Trinajstić information content (AvgIpc) is 2.88. The lowest BCUT2D eigenvalue weighted by atomic mass is 10.2. The fourth-order valence-electron chi connectivity index (χ4n) is 1.89. The maximum atomic E-state index is 11.7. The second-order valence-corrected chi connectivity index (χ2v) is 4.24. The van der Waals surface area contributed by atoms with Gasteiger partial charge in [0.15, 0.2) is 10.4 Å². The highest BCUT2D eigenvalue weighted by atomic mass is 32.1. The number of H-pyrrole nitrogens is 2. The van der Waals surface area contributed by atoms with Crippen molar-refractivity contribution in [2.75, 3.05) is 0 Å². The summed E-state index contributed by atoms with van der Waals surface area (Å²) < 4.78 is 1.85. The Labute approximate surface area is 112 Å². The van der Waals surface area contributed by atoms with E-state index >= 15 is 0 Å². The van der Waals surface area contributed by atoms with Crippen LogP contribution in [0.25, 0.3) is 16.9 Å². The third-order valence-corrected chi connectivity index (χ3v) is 3.00. The summed E-state index contributed by atoms with van der Waals surface area (Å²) >= 11 is 5.17. The Balaban J connectivity index is 2.43. The van der Waals surface area contributed by atoms with E-state index in [0.29, 0.717) is 22.4 Å². The van der Waals surface area contributed by atoms with Gasteiger partial charge < -0.3 is 4.98 Å². The normalized spacial score (nSPS) is 10.5. The number of imidazole rings is 1. The summed E-state index contributed by atoms with van der Waals surface area (Å²) in [7, 11) is 0. The Morgan fingerprint density at radius 2 is 2.26 bits per heavy atom. The first kappa shape index (κ1) is 11.4. The number of nitrogens with one attached hydrogen (secondary N) is 2. The van der Waals surface area contributed by atoms with E-state index in [9.17, 15) is 4.79 Å². The van der Waals surface area contributed by atoms with E-state index in [1.165, 1.54) is 6.33 Å². The van der Waals surface area contributed by atoms with Crippen molar-refractivity contribution in [2.24, 2.45) is 0 Å². The molecule has 6 nitrogen and oxygen atoms in total. The Morgan fingerprint density at radius 1 is 1.42 bits per heavy atom. The zero-order valence-electron chi connectivity index (χ0n) is 9.54. The molecular weight excluding hydrogens is 262 g/mol. The molecule has 2 aromatic heterocycles. The molecule has 0 spiro atoms. The van der Waals surface area contributed by atoms with Gasteiger partial charge in [-0.3, -0.25) is 14.3 Å². The molecule has 0 fully saturated rings. The Kier molecular flexibility index (Phi) is 2.51. The lowest BCUT2D eigenvalue weighted by Crippen LogP contribution is -2.13. The van der Waals surface area contributed by atoms with Crippen LogP contribution in [0.1, 0.15) is 5.56 Å². The summed E-state index contributed by atoms with van der Waals surface area (Å²) in [6.45, 7) is 0. The van der Waals surface area contributed by atoms with Crippen molar-refractivity contribution in [3.05, 3.63) is 51.3 Å². The van der Waals surface area contributed by atoms with Crippen LogP contribution in [0.5, 0.6) is 0 Å². The molecule has 3 rings (SSSR count). The SMILES string of the molecule is N#Cc1cccc(-n2c(=S)[nH]c(=O)c3[nH]cnc32)c1. The lowest BCUT2D eigenvalue weighted by molar-refractivity contribution is 0.973. The highest BCUT2D eigenvalue weighted by Crippen LogP contribution is 2.14. The standard InChI is InChI=1S/C12H7N5OS/c13-5-7-2-1-3-8(4-7)17-10-9(14-6-15-10)11(18)16-12(17)19/h1-4,6H,(H,14,15)(H,16,18,19). The molecule has 0 atom stereocenters. The zero-order valence-corrected chi connectivity index (χ0v) is 10.4. The molecule has 0 unspecified atom stereocenters. The van der Waals surface area contributed by atoms with Gasteiger partial charge in [0.2, 0.25) is 0 Å². The quantitative estimate of drug-likeness (QED) is 0.657. The van der Waals surface area contributed by atoms with E-state index in [1.54, 1.807) is 28.8 Å². The van der Waals surface area contributed by atoms with Crippen LogP contribution in [0.3, 0.4) is 0 Å². The zero-order chi connectivity index (χ0) is 13.4. The number of aromatic nitrogens is 4. The number of hydrogen-bond acceptors (Lipinski definition) is 4. The molecule has 92 valence electrons. The van der Waals surface area contributed by atoms with E-state index in [-0.39, 0.29) is 10.3 Å². The van der Waals surface area contributed by atoms with Crippen LogP contribution in [0.4, 0.5) is 0 Å². The third kappa shape index (κ3) is 1.75. The molecule has 0 aliphatic rings. The first-order valence-corrected chi connectivity index (χ1v) is 5.80.